The summed E-state index contributed by atoms with van der Waals surface area (Å²) in [4.78, 5) is 4.41. The Hall–Kier alpha value is -1.15. The summed E-state index contributed by atoms with van der Waals surface area (Å²) < 4.78 is 0. The van der Waals surface area contributed by atoms with Crippen LogP contribution in [0.3, 0.4) is 0 Å². The number of hydrogen-bond acceptors (Lipinski definition) is 2. The summed E-state index contributed by atoms with van der Waals surface area (Å²) in [6.07, 6.45) is 4.26. The maximum Gasteiger partial charge on any atom is 0.0627 e. The third-order valence-electron chi connectivity index (χ3n) is 2.47. The molecule has 1 saturated carbocycles. The monoisotopic (exact) mass is 174 g/mol. The first-order valence-electron chi connectivity index (χ1n) is 4.66. The Balaban J connectivity index is 2.22. The summed E-state index contributed by atoms with van der Waals surface area (Å²) in [6.45, 7) is 3.69. The standard InChI is InChI=1S/C11H14N2/c1-2-9-4-3-5-10(13-9)11(12)8-6-7-8/h2-5,8,11H,1,6-7,12H2/t11-/m0/s1. The van der Waals surface area contributed by atoms with Gasteiger partial charge in [0.25, 0.3) is 0 Å². The fourth-order valence-electron chi connectivity index (χ4n) is 1.47. The minimum absolute atomic E-state index is 0.125. The summed E-state index contributed by atoms with van der Waals surface area (Å²) >= 11 is 0. The number of rotatable bonds is 3. The molecular formula is C11H14N2. The van der Waals surface area contributed by atoms with Gasteiger partial charge in [-0.15, -0.1) is 0 Å². The zero-order chi connectivity index (χ0) is 9.26. The lowest BCUT2D eigenvalue weighted by atomic mass is 10.1. The van der Waals surface area contributed by atoms with Crippen LogP contribution in [0.15, 0.2) is 24.8 Å². The van der Waals surface area contributed by atoms with E-state index in [1.165, 1.54) is 12.8 Å². The van der Waals surface area contributed by atoms with Gasteiger partial charge in [0.15, 0.2) is 0 Å². The van der Waals surface area contributed by atoms with E-state index < -0.39 is 0 Å². The molecule has 1 aliphatic carbocycles. The largest absolute Gasteiger partial charge is 0.322 e. The van der Waals surface area contributed by atoms with Crippen LogP contribution in [0.4, 0.5) is 0 Å². The molecule has 1 fully saturated rings. The van der Waals surface area contributed by atoms with E-state index in [0.717, 1.165) is 11.4 Å². The predicted octanol–water partition coefficient (Wildman–Crippen LogP) is 2.13. The predicted molar refractivity (Wildman–Crippen MR) is 54.0 cm³/mol. The van der Waals surface area contributed by atoms with Gasteiger partial charge in [0.1, 0.15) is 0 Å². The lowest BCUT2D eigenvalue weighted by molar-refractivity contribution is 0.614. The van der Waals surface area contributed by atoms with Crippen LogP contribution in [0.2, 0.25) is 0 Å². The Kier molecular flexibility index (Phi) is 2.15. The molecule has 0 aliphatic heterocycles. The van der Waals surface area contributed by atoms with Gasteiger partial charge in [-0.3, -0.25) is 4.98 Å². The van der Waals surface area contributed by atoms with Crippen molar-refractivity contribution in [3.05, 3.63) is 36.2 Å². The van der Waals surface area contributed by atoms with Crippen molar-refractivity contribution in [3.8, 4) is 0 Å². The molecule has 2 rings (SSSR count). The van der Waals surface area contributed by atoms with Gasteiger partial charge in [-0.25, -0.2) is 0 Å². The molecule has 1 heterocycles. The van der Waals surface area contributed by atoms with Crippen LogP contribution in [0, 0.1) is 5.92 Å². The quantitative estimate of drug-likeness (QED) is 0.762. The highest BCUT2D eigenvalue weighted by molar-refractivity contribution is 5.41. The zero-order valence-electron chi connectivity index (χ0n) is 7.61. The summed E-state index contributed by atoms with van der Waals surface area (Å²) in [5, 5.41) is 0. The van der Waals surface area contributed by atoms with Crippen molar-refractivity contribution in [1.29, 1.82) is 0 Å². The minimum Gasteiger partial charge on any atom is -0.322 e. The summed E-state index contributed by atoms with van der Waals surface area (Å²) in [6, 6.07) is 6.05. The van der Waals surface area contributed by atoms with Crippen LogP contribution in [-0.4, -0.2) is 4.98 Å². The average molecular weight is 174 g/mol. The Bertz CT molecular complexity index is 316. The molecule has 0 saturated heterocycles. The van der Waals surface area contributed by atoms with E-state index in [-0.39, 0.29) is 6.04 Å². The number of pyridine rings is 1. The van der Waals surface area contributed by atoms with Crippen molar-refractivity contribution in [1.82, 2.24) is 4.98 Å². The zero-order valence-corrected chi connectivity index (χ0v) is 7.61. The molecule has 0 spiro atoms. The van der Waals surface area contributed by atoms with Crippen molar-refractivity contribution in [2.75, 3.05) is 0 Å². The molecule has 0 bridgehead atoms. The van der Waals surface area contributed by atoms with Gasteiger partial charge in [0, 0.05) is 6.04 Å². The van der Waals surface area contributed by atoms with Crippen LogP contribution >= 0.6 is 0 Å². The minimum atomic E-state index is 0.125. The van der Waals surface area contributed by atoms with E-state index in [4.69, 9.17) is 5.73 Å². The van der Waals surface area contributed by atoms with Crippen molar-refractivity contribution in [2.45, 2.75) is 18.9 Å². The van der Waals surface area contributed by atoms with E-state index in [1.54, 1.807) is 6.08 Å². The number of nitrogens with zero attached hydrogens (tertiary/aromatic N) is 1. The van der Waals surface area contributed by atoms with Crippen LogP contribution in [0.25, 0.3) is 6.08 Å². The number of nitrogens with two attached hydrogens (primary N) is 1. The summed E-state index contributed by atoms with van der Waals surface area (Å²) in [7, 11) is 0. The highest BCUT2D eigenvalue weighted by Gasteiger charge is 2.30. The molecule has 0 amide bonds. The highest BCUT2D eigenvalue weighted by Crippen LogP contribution is 2.38. The van der Waals surface area contributed by atoms with Crippen molar-refractivity contribution >= 4 is 6.08 Å². The average Bonchev–Trinajstić information content (AvgIpc) is 3.00. The maximum atomic E-state index is 6.03. The summed E-state index contributed by atoms with van der Waals surface area (Å²) in [5.74, 6) is 0.660. The molecule has 0 unspecified atom stereocenters. The molecule has 1 atom stereocenters. The maximum absolute atomic E-state index is 6.03. The van der Waals surface area contributed by atoms with Crippen molar-refractivity contribution < 1.29 is 0 Å². The molecule has 0 aromatic carbocycles. The molecule has 2 heteroatoms. The van der Waals surface area contributed by atoms with Gasteiger partial charge in [0.05, 0.1) is 11.4 Å². The summed E-state index contributed by atoms with van der Waals surface area (Å²) in [5.41, 5.74) is 7.94. The number of hydrogen-bond donors (Lipinski definition) is 1. The second-order valence-electron chi connectivity index (χ2n) is 3.55. The van der Waals surface area contributed by atoms with E-state index in [2.05, 4.69) is 11.6 Å². The Morgan fingerprint density at radius 3 is 2.92 bits per heavy atom. The van der Waals surface area contributed by atoms with E-state index in [0.29, 0.717) is 5.92 Å². The number of aromatic nitrogens is 1. The fourth-order valence-corrected chi connectivity index (χ4v) is 1.47. The van der Waals surface area contributed by atoms with Gasteiger partial charge >= 0.3 is 0 Å². The highest BCUT2D eigenvalue weighted by atomic mass is 14.8. The first-order valence-corrected chi connectivity index (χ1v) is 4.66. The fraction of sp³-hybridized carbons (Fsp3) is 0.364. The molecule has 1 aromatic heterocycles. The smallest absolute Gasteiger partial charge is 0.0627 e. The van der Waals surface area contributed by atoms with Crippen LogP contribution in [0.5, 0.6) is 0 Å². The van der Waals surface area contributed by atoms with Crippen LogP contribution in [0.1, 0.15) is 30.3 Å². The van der Waals surface area contributed by atoms with Crippen molar-refractivity contribution in [2.24, 2.45) is 11.7 Å². The molecule has 13 heavy (non-hydrogen) atoms. The molecule has 0 radical (unpaired) electrons. The molecule has 2 N–H and O–H groups in total. The Labute approximate surface area is 78.5 Å². The second kappa shape index (κ2) is 3.30. The first kappa shape index (κ1) is 8.45. The first-order chi connectivity index (χ1) is 6.31. The van der Waals surface area contributed by atoms with E-state index in [9.17, 15) is 0 Å². The Morgan fingerprint density at radius 2 is 2.31 bits per heavy atom. The van der Waals surface area contributed by atoms with Gasteiger partial charge in [-0.1, -0.05) is 12.6 Å². The molecule has 68 valence electrons. The molecular weight excluding hydrogens is 160 g/mol. The van der Waals surface area contributed by atoms with Crippen LogP contribution in [-0.2, 0) is 0 Å². The molecule has 1 aliphatic rings. The van der Waals surface area contributed by atoms with Gasteiger partial charge in [-0.2, -0.15) is 0 Å². The van der Waals surface area contributed by atoms with E-state index in [1.807, 2.05) is 18.2 Å². The van der Waals surface area contributed by atoms with Gasteiger partial charge < -0.3 is 5.73 Å². The second-order valence-corrected chi connectivity index (χ2v) is 3.55. The SMILES string of the molecule is C=Cc1cccc([C@@H](N)C2CC2)n1. The van der Waals surface area contributed by atoms with Crippen molar-refractivity contribution in [3.63, 3.8) is 0 Å². The lowest BCUT2D eigenvalue weighted by Gasteiger charge is -2.09. The van der Waals surface area contributed by atoms with Gasteiger partial charge in [0.2, 0.25) is 0 Å². The van der Waals surface area contributed by atoms with E-state index >= 15 is 0 Å². The van der Waals surface area contributed by atoms with Gasteiger partial charge in [-0.05, 0) is 37.0 Å². The third kappa shape index (κ3) is 1.78. The Morgan fingerprint density at radius 1 is 1.54 bits per heavy atom. The molecule has 2 nitrogen and oxygen atoms in total. The topological polar surface area (TPSA) is 38.9 Å². The normalized spacial score (nSPS) is 18.2. The van der Waals surface area contributed by atoms with Crippen LogP contribution < -0.4 is 5.73 Å². The third-order valence-corrected chi connectivity index (χ3v) is 2.47. The molecule has 1 aromatic rings. The lowest BCUT2D eigenvalue weighted by Crippen LogP contribution is -2.14.